The lowest BCUT2D eigenvalue weighted by Gasteiger charge is -2.63. The average Bonchev–Trinajstić information content (AvgIpc) is 3.07. The van der Waals surface area contributed by atoms with Crippen molar-refractivity contribution in [3.63, 3.8) is 0 Å². The van der Waals surface area contributed by atoms with Crippen LogP contribution in [0.15, 0.2) is 23.8 Å². The normalized spacial score (nSPS) is 45.1. The lowest BCUT2D eigenvalue weighted by atomic mass is 9.43. The van der Waals surface area contributed by atoms with Gasteiger partial charge in [-0.25, -0.2) is 4.39 Å². The number of unbranched alkanes of at least 4 members (excludes halogenated alkanes) is 1. The highest BCUT2D eigenvalue weighted by atomic mass is 35.5. The Morgan fingerprint density at radius 3 is 2.65 bits per heavy atom. The minimum absolute atomic E-state index is 0.0204. The molecule has 0 unspecified atom stereocenters. The number of carbonyl (C=O) groups is 3. The van der Waals surface area contributed by atoms with Gasteiger partial charge in [-0.05, 0) is 63.0 Å². The molecule has 4 rings (SSSR count). The van der Waals surface area contributed by atoms with Crippen LogP contribution in [0.4, 0.5) is 4.39 Å². The van der Waals surface area contributed by atoms with Crippen LogP contribution in [0.3, 0.4) is 0 Å². The van der Waals surface area contributed by atoms with Crippen LogP contribution in [0, 0.1) is 28.6 Å². The molecule has 0 aliphatic heterocycles. The molecular formula is C27H36ClFO5. The second-order valence-electron chi connectivity index (χ2n) is 11.3. The number of esters is 1. The van der Waals surface area contributed by atoms with E-state index in [1.54, 1.807) is 13.0 Å². The third kappa shape index (κ3) is 3.23. The van der Waals surface area contributed by atoms with E-state index in [2.05, 4.69) is 0 Å². The molecule has 0 saturated heterocycles. The predicted octanol–water partition coefficient (Wildman–Crippen LogP) is 4.88. The topological polar surface area (TPSA) is 80.7 Å². The Labute approximate surface area is 206 Å². The third-order valence-electron chi connectivity index (χ3n) is 9.68. The number of rotatable bonds is 6. The Balaban J connectivity index is 1.79. The van der Waals surface area contributed by atoms with Crippen LogP contribution in [0.25, 0.3) is 0 Å². The molecule has 4 aliphatic rings. The number of ketones is 2. The first kappa shape index (κ1) is 25.6. The standard InChI is InChI=1S/C27H36ClFO5/c1-5-6-7-23(33)34-26(22(32)15-28)11-9-18-20-12-16(2)19-13-17(30)8-10-24(19,3)27(20,29)21(31)14-25(18,26)4/h8,10,13,16,18,20-21,31H,5-7,9,11-12,14-15H2,1-4H3/t16-,18-,20-,21-,24-,25-,26-,27-/m0/s1. The van der Waals surface area contributed by atoms with Crippen molar-refractivity contribution in [1.82, 2.24) is 0 Å². The van der Waals surface area contributed by atoms with E-state index in [0.717, 1.165) is 6.42 Å². The summed E-state index contributed by atoms with van der Waals surface area (Å²) in [5.74, 6) is -2.19. The van der Waals surface area contributed by atoms with Crippen LogP contribution in [0.1, 0.15) is 72.6 Å². The van der Waals surface area contributed by atoms with Crippen molar-refractivity contribution in [3.8, 4) is 0 Å². The summed E-state index contributed by atoms with van der Waals surface area (Å²) in [6.45, 7) is 7.60. The predicted molar refractivity (Wildman–Crippen MR) is 127 cm³/mol. The molecule has 3 fully saturated rings. The summed E-state index contributed by atoms with van der Waals surface area (Å²) in [6, 6.07) is 0. The molecule has 0 bridgehead atoms. The summed E-state index contributed by atoms with van der Waals surface area (Å²) in [7, 11) is 0. The summed E-state index contributed by atoms with van der Waals surface area (Å²) < 4.78 is 23.3. The molecule has 4 aliphatic carbocycles. The van der Waals surface area contributed by atoms with Crippen molar-refractivity contribution < 1.29 is 28.6 Å². The zero-order chi connectivity index (χ0) is 25.1. The molecule has 0 aromatic rings. The molecule has 0 heterocycles. The van der Waals surface area contributed by atoms with Gasteiger partial charge >= 0.3 is 5.97 Å². The van der Waals surface area contributed by atoms with Gasteiger partial charge in [0.2, 0.25) is 0 Å². The Kier molecular flexibility index (Phi) is 6.42. The zero-order valence-corrected chi connectivity index (χ0v) is 21.3. The maximum atomic E-state index is 17.3. The number of halogens is 2. The minimum atomic E-state index is -2.00. The van der Waals surface area contributed by atoms with E-state index >= 15 is 4.39 Å². The molecule has 0 aromatic carbocycles. The highest BCUT2D eigenvalue weighted by Gasteiger charge is 2.75. The fraction of sp³-hybridized carbons (Fsp3) is 0.741. The van der Waals surface area contributed by atoms with Crippen molar-refractivity contribution in [2.75, 3.05) is 5.88 Å². The van der Waals surface area contributed by atoms with E-state index in [9.17, 15) is 19.5 Å². The van der Waals surface area contributed by atoms with Gasteiger partial charge in [0, 0.05) is 23.2 Å². The van der Waals surface area contributed by atoms with Gasteiger partial charge in [0.25, 0.3) is 0 Å². The summed E-state index contributed by atoms with van der Waals surface area (Å²) in [4.78, 5) is 38.2. The fourth-order valence-electron chi connectivity index (χ4n) is 7.95. The van der Waals surface area contributed by atoms with Gasteiger partial charge in [-0.2, -0.15) is 0 Å². The van der Waals surface area contributed by atoms with E-state index in [1.807, 2.05) is 20.8 Å². The fourth-order valence-corrected chi connectivity index (χ4v) is 8.16. The SMILES string of the molecule is CCCCC(=O)O[C@]1(C(=O)CCl)CC[C@H]2[C@@H]3C[C@H](C)C4=CC(=O)C=C[C@]4(C)[C@@]3(F)[C@@H](O)C[C@@]21C. The highest BCUT2D eigenvalue weighted by molar-refractivity contribution is 6.29. The number of aliphatic hydroxyl groups excluding tert-OH is 1. The molecule has 3 saturated carbocycles. The van der Waals surface area contributed by atoms with Gasteiger partial charge in [-0.15, -0.1) is 11.6 Å². The number of fused-ring (bicyclic) bond motifs is 5. The second kappa shape index (κ2) is 8.55. The summed E-state index contributed by atoms with van der Waals surface area (Å²) in [6.07, 6.45) is 6.03. The van der Waals surface area contributed by atoms with Crippen LogP contribution in [0.2, 0.25) is 0 Å². The molecule has 8 atom stereocenters. The number of carbonyl (C=O) groups excluding carboxylic acids is 3. The lowest BCUT2D eigenvalue weighted by Crippen LogP contribution is -2.70. The molecule has 1 N–H and O–H groups in total. The molecule has 7 heteroatoms. The van der Waals surface area contributed by atoms with Crippen molar-refractivity contribution in [1.29, 1.82) is 0 Å². The Morgan fingerprint density at radius 2 is 2.00 bits per heavy atom. The molecule has 0 aromatic heterocycles. The average molecular weight is 495 g/mol. The number of hydrogen-bond donors (Lipinski definition) is 1. The van der Waals surface area contributed by atoms with E-state index in [0.29, 0.717) is 24.8 Å². The largest absolute Gasteiger partial charge is 0.450 e. The quantitative estimate of drug-likeness (QED) is 0.420. The van der Waals surface area contributed by atoms with Gasteiger partial charge in [0.05, 0.1) is 12.0 Å². The Hall–Kier alpha value is -1.53. The van der Waals surface area contributed by atoms with Crippen LogP contribution < -0.4 is 0 Å². The van der Waals surface area contributed by atoms with Crippen LogP contribution in [-0.2, 0) is 19.1 Å². The lowest BCUT2D eigenvalue weighted by molar-refractivity contribution is -0.227. The number of allylic oxidation sites excluding steroid dienone is 4. The first-order valence-electron chi connectivity index (χ1n) is 12.5. The van der Waals surface area contributed by atoms with Crippen molar-refractivity contribution in [3.05, 3.63) is 23.8 Å². The minimum Gasteiger partial charge on any atom is -0.450 e. The molecule has 0 amide bonds. The van der Waals surface area contributed by atoms with Crippen LogP contribution in [0.5, 0.6) is 0 Å². The third-order valence-corrected chi connectivity index (χ3v) is 9.93. The smallest absolute Gasteiger partial charge is 0.306 e. The molecular weight excluding hydrogens is 459 g/mol. The van der Waals surface area contributed by atoms with E-state index in [-0.39, 0.29) is 48.5 Å². The first-order chi connectivity index (χ1) is 15.9. The Morgan fingerprint density at radius 1 is 1.29 bits per heavy atom. The van der Waals surface area contributed by atoms with Crippen LogP contribution in [-0.4, -0.2) is 45.9 Å². The summed E-state index contributed by atoms with van der Waals surface area (Å²) >= 11 is 6.03. The summed E-state index contributed by atoms with van der Waals surface area (Å²) in [5.41, 5.74) is -4.81. The van der Waals surface area contributed by atoms with Crippen molar-refractivity contribution in [2.45, 2.75) is 90.0 Å². The van der Waals surface area contributed by atoms with Gasteiger partial charge in [0.1, 0.15) is 0 Å². The maximum absolute atomic E-state index is 17.3. The van der Waals surface area contributed by atoms with Crippen LogP contribution >= 0.6 is 11.6 Å². The number of ether oxygens (including phenoxy) is 1. The number of Topliss-reactive ketones (excluding diaryl/α,β-unsaturated/α-hetero) is 1. The van der Waals surface area contributed by atoms with Gasteiger partial charge in [0.15, 0.2) is 22.8 Å². The molecule has 0 spiro atoms. The number of hydrogen-bond acceptors (Lipinski definition) is 5. The monoisotopic (exact) mass is 494 g/mol. The maximum Gasteiger partial charge on any atom is 0.306 e. The van der Waals surface area contributed by atoms with E-state index in [1.165, 1.54) is 12.2 Å². The highest BCUT2D eigenvalue weighted by Crippen LogP contribution is 2.71. The first-order valence-corrected chi connectivity index (χ1v) is 13.1. The van der Waals surface area contributed by atoms with E-state index < -0.39 is 40.1 Å². The molecule has 34 heavy (non-hydrogen) atoms. The molecule has 0 radical (unpaired) electrons. The van der Waals surface area contributed by atoms with Gasteiger partial charge < -0.3 is 9.84 Å². The number of alkyl halides is 2. The zero-order valence-electron chi connectivity index (χ0n) is 20.5. The number of aliphatic hydroxyl groups is 1. The Bertz CT molecular complexity index is 961. The van der Waals surface area contributed by atoms with E-state index in [4.69, 9.17) is 16.3 Å². The molecule has 5 nitrogen and oxygen atoms in total. The second-order valence-corrected chi connectivity index (χ2v) is 11.6. The molecule has 188 valence electrons. The van der Waals surface area contributed by atoms with Crippen molar-refractivity contribution >= 4 is 29.1 Å². The summed E-state index contributed by atoms with van der Waals surface area (Å²) in [5, 5.41) is 11.5. The van der Waals surface area contributed by atoms with Gasteiger partial charge in [-0.3, -0.25) is 14.4 Å². The van der Waals surface area contributed by atoms with Gasteiger partial charge in [-0.1, -0.05) is 38.8 Å². The van der Waals surface area contributed by atoms with Crippen molar-refractivity contribution in [2.24, 2.45) is 28.6 Å².